The van der Waals surface area contributed by atoms with Crippen molar-refractivity contribution < 1.29 is 24.3 Å². The maximum absolute atomic E-state index is 10.7. The summed E-state index contributed by atoms with van der Waals surface area (Å²) >= 11 is 0. The van der Waals surface area contributed by atoms with Crippen LogP contribution in [0.15, 0.2) is 17.2 Å². The Labute approximate surface area is 107 Å². The van der Waals surface area contributed by atoms with E-state index in [2.05, 4.69) is 5.10 Å². The topological polar surface area (TPSA) is 137 Å². The van der Waals surface area contributed by atoms with Gasteiger partial charge in [0, 0.05) is 11.6 Å². The van der Waals surface area contributed by atoms with Crippen molar-refractivity contribution in [3.63, 3.8) is 0 Å². The smallest absolute Gasteiger partial charge is 0.341 e. The number of nitro groups is 1. The average Bonchev–Trinajstić information content (AvgIpc) is 2.36. The first-order valence-corrected chi connectivity index (χ1v) is 4.93. The van der Waals surface area contributed by atoms with E-state index < -0.39 is 17.5 Å². The van der Waals surface area contributed by atoms with Crippen molar-refractivity contribution in [1.29, 1.82) is 0 Å². The van der Waals surface area contributed by atoms with Crippen molar-refractivity contribution in [3.8, 4) is 11.5 Å². The van der Waals surface area contributed by atoms with E-state index in [9.17, 15) is 14.9 Å². The summed E-state index contributed by atoms with van der Waals surface area (Å²) in [5.41, 5.74) is -0.107. The number of nitrogens with two attached hydrogens (primary N) is 1. The van der Waals surface area contributed by atoms with Gasteiger partial charge in [0.1, 0.15) is 0 Å². The third kappa shape index (κ3) is 3.56. The molecular weight excluding hydrogens is 258 g/mol. The Morgan fingerprint density at radius 2 is 2.32 bits per heavy atom. The highest BCUT2D eigenvalue weighted by Gasteiger charge is 2.18. The van der Waals surface area contributed by atoms with Gasteiger partial charge in [0.25, 0.3) is 5.69 Å². The molecule has 0 aliphatic heterocycles. The summed E-state index contributed by atoms with van der Waals surface area (Å²) in [5, 5.41) is 22.6. The van der Waals surface area contributed by atoms with E-state index in [-0.39, 0.29) is 22.7 Å². The molecule has 3 N–H and O–H groups in total. The number of carbonyl (C=O) groups is 1. The number of methoxy groups -OCH3 is 1. The van der Waals surface area contributed by atoms with Crippen LogP contribution in [0.4, 0.5) is 5.69 Å². The number of carboxylic acid groups (broad SMARTS) is 1. The Morgan fingerprint density at radius 1 is 1.63 bits per heavy atom. The third-order valence-electron chi connectivity index (χ3n) is 2.05. The first-order chi connectivity index (χ1) is 8.99. The van der Waals surface area contributed by atoms with Crippen LogP contribution in [0.3, 0.4) is 0 Å². The second kappa shape index (κ2) is 6.19. The molecule has 0 saturated heterocycles. The molecule has 0 bridgehead atoms. The maximum Gasteiger partial charge on any atom is 0.341 e. The largest absolute Gasteiger partial charge is 0.493 e. The molecule has 0 aromatic heterocycles. The lowest BCUT2D eigenvalue weighted by Crippen LogP contribution is -2.11. The maximum atomic E-state index is 10.7. The van der Waals surface area contributed by atoms with Crippen LogP contribution < -0.4 is 15.3 Å². The fraction of sp³-hybridized carbons (Fsp3) is 0.200. The lowest BCUT2D eigenvalue weighted by atomic mass is 10.1. The van der Waals surface area contributed by atoms with Gasteiger partial charge in [0.05, 0.1) is 24.3 Å². The quantitative estimate of drug-likeness (QED) is 0.329. The van der Waals surface area contributed by atoms with E-state index in [0.717, 1.165) is 18.3 Å². The van der Waals surface area contributed by atoms with Crippen molar-refractivity contribution in [2.24, 2.45) is 10.9 Å². The fourth-order valence-electron chi connectivity index (χ4n) is 1.33. The van der Waals surface area contributed by atoms with E-state index in [1.165, 1.54) is 7.11 Å². The Kier molecular flexibility index (Phi) is 4.63. The van der Waals surface area contributed by atoms with Gasteiger partial charge in [-0.15, -0.1) is 0 Å². The zero-order valence-corrected chi connectivity index (χ0v) is 9.90. The molecule has 0 aliphatic carbocycles. The van der Waals surface area contributed by atoms with Gasteiger partial charge in [-0.2, -0.15) is 5.10 Å². The molecule has 9 nitrogen and oxygen atoms in total. The highest BCUT2D eigenvalue weighted by Crippen LogP contribution is 2.34. The first-order valence-electron chi connectivity index (χ1n) is 4.93. The SMILES string of the molecule is COc1cc([N+](=O)[O-])cc(C=NN)c1OCC(=O)O. The Morgan fingerprint density at radius 3 is 2.79 bits per heavy atom. The number of nitrogens with zero attached hydrogens (tertiary/aromatic N) is 2. The molecule has 0 aliphatic rings. The minimum absolute atomic E-state index is 0.0182. The number of carboxylic acids is 1. The molecule has 1 rings (SSSR count). The van der Waals surface area contributed by atoms with Crippen LogP contribution >= 0.6 is 0 Å². The molecule has 0 radical (unpaired) electrons. The Hall–Kier alpha value is -2.84. The number of hydrogen-bond acceptors (Lipinski definition) is 7. The summed E-state index contributed by atoms with van der Waals surface area (Å²) < 4.78 is 9.94. The number of hydrazone groups is 1. The van der Waals surface area contributed by atoms with Crippen LogP contribution in [0.5, 0.6) is 11.5 Å². The first kappa shape index (κ1) is 14.2. The van der Waals surface area contributed by atoms with E-state index >= 15 is 0 Å². The number of nitro benzene ring substituents is 1. The summed E-state index contributed by atoms with van der Waals surface area (Å²) in [7, 11) is 1.27. The fourth-order valence-corrected chi connectivity index (χ4v) is 1.33. The van der Waals surface area contributed by atoms with Crippen molar-refractivity contribution in [3.05, 3.63) is 27.8 Å². The van der Waals surface area contributed by atoms with E-state index in [0.29, 0.717) is 0 Å². The normalized spacial score (nSPS) is 10.4. The summed E-state index contributed by atoms with van der Waals surface area (Å²) in [4.78, 5) is 20.6. The van der Waals surface area contributed by atoms with Gasteiger partial charge in [0.15, 0.2) is 18.1 Å². The zero-order valence-electron chi connectivity index (χ0n) is 9.90. The summed E-state index contributed by atoms with van der Waals surface area (Å²) in [6, 6.07) is 2.26. The molecule has 0 atom stereocenters. The van der Waals surface area contributed by atoms with E-state index in [1.807, 2.05) is 0 Å². The number of hydrogen-bond donors (Lipinski definition) is 2. The van der Waals surface area contributed by atoms with Crippen LogP contribution in [-0.2, 0) is 4.79 Å². The van der Waals surface area contributed by atoms with E-state index in [1.54, 1.807) is 0 Å². The van der Waals surface area contributed by atoms with Gasteiger partial charge in [-0.25, -0.2) is 4.79 Å². The summed E-state index contributed by atoms with van der Waals surface area (Å²) in [6.07, 6.45) is 1.10. The molecule has 9 heteroatoms. The highest BCUT2D eigenvalue weighted by atomic mass is 16.6. The van der Waals surface area contributed by atoms with Gasteiger partial charge in [-0.3, -0.25) is 10.1 Å². The number of non-ortho nitro benzene ring substituents is 1. The minimum Gasteiger partial charge on any atom is -0.493 e. The number of aliphatic carboxylic acids is 1. The lowest BCUT2D eigenvalue weighted by Gasteiger charge is -2.11. The van der Waals surface area contributed by atoms with Crippen LogP contribution in [0.25, 0.3) is 0 Å². The monoisotopic (exact) mass is 269 g/mol. The van der Waals surface area contributed by atoms with Crippen LogP contribution in [0.1, 0.15) is 5.56 Å². The van der Waals surface area contributed by atoms with Crippen molar-refractivity contribution in [2.45, 2.75) is 0 Å². The van der Waals surface area contributed by atoms with Crippen LogP contribution in [0, 0.1) is 10.1 Å². The van der Waals surface area contributed by atoms with Crippen molar-refractivity contribution in [2.75, 3.05) is 13.7 Å². The molecule has 0 heterocycles. The molecule has 1 aromatic carbocycles. The zero-order chi connectivity index (χ0) is 14.4. The lowest BCUT2D eigenvalue weighted by molar-refractivity contribution is -0.385. The molecule has 0 spiro atoms. The number of rotatable bonds is 6. The number of benzene rings is 1. The van der Waals surface area contributed by atoms with Crippen LogP contribution in [0.2, 0.25) is 0 Å². The molecule has 19 heavy (non-hydrogen) atoms. The molecule has 0 saturated carbocycles. The van der Waals surface area contributed by atoms with E-state index in [4.69, 9.17) is 20.4 Å². The molecule has 0 fully saturated rings. The molecule has 0 amide bonds. The van der Waals surface area contributed by atoms with Gasteiger partial charge in [0.2, 0.25) is 0 Å². The molecule has 1 aromatic rings. The summed E-state index contributed by atoms with van der Waals surface area (Å²) in [6.45, 7) is -0.625. The van der Waals surface area contributed by atoms with Crippen molar-refractivity contribution >= 4 is 17.9 Å². The minimum atomic E-state index is -1.20. The molecule has 0 unspecified atom stereocenters. The van der Waals surface area contributed by atoms with Gasteiger partial charge in [-0.1, -0.05) is 0 Å². The van der Waals surface area contributed by atoms with Gasteiger partial charge < -0.3 is 20.4 Å². The van der Waals surface area contributed by atoms with Gasteiger partial charge >= 0.3 is 5.97 Å². The standard InChI is InChI=1S/C10H11N3O6/c1-18-8-3-7(13(16)17)2-6(4-12-11)10(8)19-5-9(14)15/h2-4H,5,11H2,1H3,(H,14,15). The Bertz CT molecular complexity index is 528. The Balaban J connectivity index is 3.31. The molecular formula is C10H11N3O6. The summed E-state index contributed by atoms with van der Waals surface area (Å²) in [5.74, 6) is 3.83. The predicted molar refractivity (Wildman–Crippen MR) is 64.6 cm³/mol. The van der Waals surface area contributed by atoms with Crippen LogP contribution in [-0.4, -0.2) is 35.9 Å². The predicted octanol–water partition coefficient (Wildman–Crippen LogP) is 0.359. The second-order valence-electron chi connectivity index (χ2n) is 3.28. The second-order valence-corrected chi connectivity index (χ2v) is 3.28. The average molecular weight is 269 g/mol. The third-order valence-corrected chi connectivity index (χ3v) is 2.05. The highest BCUT2D eigenvalue weighted by molar-refractivity contribution is 5.86. The number of ether oxygens (including phenoxy) is 2. The van der Waals surface area contributed by atoms with Gasteiger partial charge in [-0.05, 0) is 0 Å². The van der Waals surface area contributed by atoms with Crippen molar-refractivity contribution in [1.82, 2.24) is 0 Å². The molecule has 102 valence electrons.